The van der Waals surface area contributed by atoms with Crippen molar-refractivity contribution in [1.82, 2.24) is 0 Å². The van der Waals surface area contributed by atoms with Gasteiger partial charge in [-0.15, -0.1) is 0 Å². The highest BCUT2D eigenvalue weighted by molar-refractivity contribution is 8.32. The van der Waals surface area contributed by atoms with Gasteiger partial charge in [0.2, 0.25) is 0 Å². The summed E-state index contributed by atoms with van der Waals surface area (Å²) in [4.78, 5) is 9.80. The van der Waals surface area contributed by atoms with Gasteiger partial charge in [0.05, 0.1) is 6.21 Å². The van der Waals surface area contributed by atoms with Crippen molar-refractivity contribution in [2.45, 2.75) is 13.3 Å². The van der Waals surface area contributed by atoms with Gasteiger partial charge in [0.15, 0.2) is 0 Å². The van der Waals surface area contributed by atoms with Gasteiger partial charge in [0.25, 0.3) is 6.08 Å². The smallest absolute Gasteiger partial charge is 0.266 e. The monoisotopic (exact) mass is 248 g/mol. The van der Waals surface area contributed by atoms with E-state index in [1.807, 2.05) is 6.92 Å². The van der Waals surface area contributed by atoms with Crippen molar-refractivity contribution < 1.29 is 13.6 Å². The second kappa shape index (κ2) is 7.16. The van der Waals surface area contributed by atoms with Gasteiger partial charge in [-0.2, -0.15) is 19.7 Å². The Morgan fingerprint density at radius 1 is 1.62 bits per heavy atom. The highest BCUT2D eigenvalue weighted by Gasteiger charge is 2.09. The third kappa shape index (κ3) is 4.57. The molecule has 0 N–H and O–H groups in total. The molecule has 0 saturated heterocycles. The van der Waals surface area contributed by atoms with Crippen LogP contribution in [0.3, 0.4) is 0 Å². The first-order valence-corrected chi connectivity index (χ1v) is 6.50. The van der Waals surface area contributed by atoms with Crippen molar-refractivity contribution in [3.05, 3.63) is 23.3 Å². The summed E-state index contributed by atoms with van der Waals surface area (Å²) < 4.78 is 23.7. The van der Waals surface area contributed by atoms with Crippen LogP contribution >= 0.6 is 10.9 Å². The quantitative estimate of drug-likeness (QED) is 0.437. The molecule has 3 nitrogen and oxygen atoms in total. The van der Waals surface area contributed by atoms with Gasteiger partial charge in [-0.3, -0.25) is 4.99 Å². The molecule has 0 bridgehead atoms. The maximum absolute atomic E-state index is 11.8. The molecule has 16 heavy (non-hydrogen) atoms. The Bertz CT molecular complexity index is 336. The third-order valence-electron chi connectivity index (χ3n) is 1.80. The van der Waals surface area contributed by atoms with Crippen LogP contribution in [0.4, 0.5) is 8.78 Å². The second-order valence-corrected chi connectivity index (χ2v) is 5.08. The van der Waals surface area contributed by atoms with Crippen LogP contribution in [0.5, 0.6) is 0 Å². The van der Waals surface area contributed by atoms with Gasteiger partial charge in [-0.05, 0) is 25.2 Å². The zero-order valence-electron chi connectivity index (χ0n) is 8.94. The first kappa shape index (κ1) is 12.9. The molecule has 6 heteroatoms. The standard InChI is InChI=1S/C10H14F2N2OS/c1-2-15-14-7-9-6-13-8-16(9)5-3-4-10(11)12/h4,6-8,16H,2-3,5H2,1H3/b14-7+. The summed E-state index contributed by atoms with van der Waals surface area (Å²) in [5.74, 6) is 0.667. The Kier molecular flexibility index (Phi) is 5.77. The lowest BCUT2D eigenvalue weighted by Gasteiger charge is -2.11. The number of thiol groups is 1. The summed E-state index contributed by atoms with van der Waals surface area (Å²) in [5, 5.41) is 3.74. The molecule has 0 fully saturated rings. The maximum atomic E-state index is 11.8. The molecule has 1 heterocycles. The molecule has 0 aromatic carbocycles. The minimum Gasteiger partial charge on any atom is -0.396 e. The van der Waals surface area contributed by atoms with E-state index in [9.17, 15) is 8.78 Å². The minimum atomic E-state index is -1.63. The summed E-state index contributed by atoms with van der Waals surface area (Å²) in [6.45, 7) is 2.35. The topological polar surface area (TPSA) is 34.0 Å². The number of aliphatic imine (C=N–C) groups is 1. The van der Waals surface area contributed by atoms with Crippen LogP contribution in [0.1, 0.15) is 13.3 Å². The average molecular weight is 248 g/mol. The SMILES string of the molecule is CCO/N=C/C1=CN=C[SH]1CCC=C(F)F. The van der Waals surface area contributed by atoms with E-state index < -0.39 is 17.0 Å². The molecule has 0 aromatic rings. The van der Waals surface area contributed by atoms with Crippen molar-refractivity contribution in [3.8, 4) is 0 Å². The van der Waals surface area contributed by atoms with Crippen LogP contribution in [-0.4, -0.2) is 24.1 Å². The fourth-order valence-electron chi connectivity index (χ4n) is 1.10. The number of allylic oxidation sites excluding steroid dienone is 2. The van der Waals surface area contributed by atoms with Crippen molar-refractivity contribution in [3.63, 3.8) is 0 Å². The molecule has 0 radical (unpaired) electrons. The third-order valence-corrected chi connectivity index (χ3v) is 3.85. The number of nitrogens with zero attached hydrogens (tertiary/aromatic N) is 2. The number of oxime groups is 1. The van der Waals surface area contributed by atoms with Crippen molar-refractivity contribution in [2.24, 2.45) is 10.1 Å². The van der Waals surface area contributed by atoms with E-state index in [4.69, 9.17) is 4.84 Å². The summed E-state index contributed by atoms with van der Waals surface area (Å²) in [6.07, 6.45) is 2.98. The fourth-order valence-corrected chi connectivity index (χ4v) is 2.66. The van der Waals surface area contributed by atoms with Crippen molar-refractivity contribution in [2.75, 3.05) is 12.4 Å². The van der Waals surface area contributed by atoms with E-state index in [-0.39, 0.29) is 0 Å². The molecule has 1 unspecified atom stereocenters. The second-order valence-electron chi connectivity index (χ2n) is 2.95. The van der Waals surface area contributed by atoms with E-state index in [2.05, 4.69) is 10.1 Å². The number of hydrogen-bond acceptors (Lipinski definition) is 3. The molecule has 1 aliphatic rings. The van der Waals surface area contributed by atoms with Gasteiger partial charge in [0.1, 0.15) is 6.61 Å². The molecule has 1 rings (SSSR count). The fraction of sp³-hybridized carbons (Fsp3) is 0.400. The Labute approximate surface area is 95.9 Å². The lowest BCUT2D eigenvalue weighted by molar-refractivity contribution is 0.160. The Morgan fingerprint density at radius 3 is 3.12 bits per heavy atom. The molecule has 0 amide bonds. The van der Waals surface area contributed by atoms with Gasteiger partial charge < -0.3 is 4.84 Å². The summed E-state index contributed by atoms with van der Waals surface area (Å²) in [7, 11) is -0.594. The van der Waals surface area contributed by atoms with E-state index in [1.54, 1.807) is 18.0 Å². The molecule has 1 aliphatic heterocycles. The highest BCUT2D eigenvalue weighted by atomic mass is 32.2. The number of hydrogen-bond donors (Lipinski definition) is 1. The summed E-state index contributed by atoms with van der Waals surface area (Å²) in [5.41, 5.74) is 1.80. The van der Waals surface area contributed by atoms with Crippen molar-refractivity contribution >= 4 is 22.7 Å². The zero-order chi connectivity index (χ0) is 11.8. The molecule has 1 atom stereocenters. The van der Waals surface area contributed by atoms with Crippen LogP contribution in [0, 0.1) is 0 Å². The Morgan fingerprint density at radius 2 is 2.44 bits per heavy atom. The predicted octanol–water partition coefficient (Wildman–Crippen LogP) is 3.06. The van der Waals surface area contributed by atoms with Crippen LogP contribution in [0.15, 0.2) is 33.4 Å². The normalized spacial score (nSPS) is 21.2. The summed E-state index contributed by atoms with van der Waals surface area (Å²) >= 11 is 0. The Balaban J connectivity index is 2.39. The van der Waals surface area contributed by atoms with Crippen LogP contribution in [-0.2, 0) is 4.84 Å². The molecule has 0 aliphatic carbocycles. The van der Waals surface area contributed by atoms with E-state index >= 15 is 0 Å². The van der Waals surface area contributed by atoms with Crippen LogP contribution < -0.4 is 0 Å². The first-order chi connectivity index (χ1) is 7.74. The molecular formula is C10H14F2N2OS. The van der Waals surface area contributed by atoms with Gasteiger partial charge >= 0.3 is 0 Å². The largest absolute Gasteiger partial charge is 0.396 e. The molecule has 0 saturated carbocycles. The van der Waals surface area contributed by atoms with Crippen molar-refractivity contribution in [1.29, 1.82) is 0 Å². The maximum Gasteiger partial charge on any atom is 0.266 e. The number of halogens is 2. The van der Waals surface area contributed by atoms with E-state index in [0.717, 1.165) is 11.0 Å². The lowest BCUT2D eigenvalue weighted by atomic mass is 10.5. The van der Waals surface area contributed by atoms with E-state index in [1.165, 1.54) is 0 Å². The predicted molar refractivity (Wildman–Crippen MR) is 65.5 cm³/mol. The van der Waals surface area contributed by atoms with E-state index in [0.29, 0.717) is 18.8 Å². The highest BCUT2D eigenvalue weighted by Crippen LogP contribution is 2.36. The summed E-state index contributed by atoms with van der Waals surface area (Å²) in [6, 6.07) is 0. The Hall–Kier alpha value is -1.17. The van der Waals surface area contributed by atoms with Crippen LogP contribution in [0.25, 0.3) is 0 Å². The zero-order valence-corrected chi connectivity index (χ0v) is 9.83. The average Bonchev–Trinajstić information content (AvgIpc) is 2.66. The molecule has 0 aromatic heterocycles. The lowest BCUT2D eigenvalue weighted by Crippen LogP contribution is -1.92. The van der Waals surface area contributed by atoms with Gasteiger partial charge in [-0.1, -0.05) is 5.16 Å². The number of rotatable bonds is 6. The molecular weight excluding hydrogens is 234 g/mol. The van der Waals surface area contributed by atoms with Gasteiger partial charge in [0, 0.05) is 16.7 Å². The van der Waals surface area contributed by atoms with Gasteiger partial charge in [-0.25, -0.2) is 0 Å². The minimum absolute atomic E-state index is 0.361. The van der Waals surface area contributed by atoms with Crippen LogP contribution in [0.2, 0.25) is 0 Å². The first-order valence-electron chi connectivity index (χ1n) is 4.90. The molecule has 90 valence electrons. The molecule has 0 spiro atoms.